The van der Waals surface area contributed by atoms with Gasteiger partial charge in [0.1, 0.15) is 38.0 Å². The number of alkyl halides is 3. The van der Waals surface area contributed by atoms with E-state index in [0.29, 0.717) is 88.4 Å². The van der Waals surface area contributed by atoms with Gasteiger partial charge in [-0.3, -0.25) is 0 Å². The second-order valence-electron chi connectivity index (χ2n) is 38.4. The molecule has 12 aliphatic carbocycles. The number of carboxylic acids is 1. The highest BCUT2D eigenvalue weighted by Gasteiger charge is 2.75. The molecule has 15 rings (SSSR count). The number of aliphatic hydroxyl groups is 7. The molecule has 3 heterocycles. The van der Waals surface area contributed by atoms with Crippen LogP contribution in [0, 0.1) is 104 Å². The Labute approximate surface area is 683 Å². The number of alkyl carbamates (subject to hydrolysis) is 1. The van der Waals surface area contributed by atoms with Crippen LogP contribution in [0.5, 0.6) is 0 Å². The Bertz CT molecular complexity index is 3770. The minimum absolute atomic E-state index is 0.0000325. The van der Waals surface area contributed by atoms with Crippen molar-refractivity contribution in [2.45, 2.75) is 307 Å². The van der Waals surface area contributed by atoms with Crippen LogP contribution >= 0.6 is 11.6 Å². The van der Waals surface area contributed by atoms with Gasteiger partial charge in [0.2, 0.25) is 0 Å². The van der Waals surface area contributed by atoms with Gasteiger partial charge < -0.3 is 80.4 Å². The average Bonchev–Trinajstić information content (AvgIpc) is 1.46. The van der Waals surface area contributed by atoms with Crippen LogP contribution in [0.1, 0.15) is 247 Å². The van der Waals surface area contributed by atoms with Gasteiger partial charge >= 0.3 is 35.6 Å². The molecule has 0 aromatic carbocycles. The van der Waals surface area contributed by atoms with Gasteiger partial charge in [0.15, 0.2) is 0 Å². The van der Waals surface area contributed by atoms with E-state index in [1.165, 1.54) is 12.8 Å². The molecule has 0 bridgehead atoms. The number of nitrogens with zero attached hydrogens (tertiary/aromatic N) is 6. The SMILES string of the molecule is C[C@]12CC[C@H](O)C[C@H]1CC[C@@H]1[C@@H]2C[C@@H](O)[C@]2(C)[C@@H](C3=CC(=O)OC3)CC[C@]12O.C[C@]12CC[C@H](OC(=O)Cl)C[C@H]1CC[C@@H]1[C@@H]2C[C@@H](O)[C@]2(C)[C@@H](C3=CC(=O)OC3)CC[C@]12O.C[C@]12CC[C@H](OC(=O)NCCCCCCN=[N+]=[N-])C[C@H]1CC[C@@H]1[C@@H]2C[C@@H](O)[C@]2(C)[C@@H](C3=CC(=O)OC3)CC[C@]12O.O=C([O-])C(F)(F)F.[N-]=[N+]=NCCCCCC[NH3+]. The highest BCUT2D eigenvalue weighted by molar-refractivity contribution is 6.61. The van der Waals surface area contributed by atoms with Crippen LogP contribution in [0.4, 0.5) is 22.8 Å². The fourth-order valence-corrected chi connectivity index (χ4v) is 27.4. The first kappa shape index (κ1) is 91.0. The number of nitrogens with one attached hydrogen (secondary N) is 1. The van der Waals surface area contributed by atoms with Gasteiger partial charge in [0, 0.05) is 75.5 Å². The largest absolute Gasteiger partial charge is 0.542 e. The third-order valence-electron chi connectivity index (χ3n) is 33.7. The molecule has 12 fully saturated rings. The molecule has 27 atom stereocenters. The normalized spacial score (nSPS) is 43.1. The van der Waals surface area contributed by atoms with Crippen LogP contribution in [-0.2, 0) is 42.9 Å². The third kappa shape index (κ3) is 17.3. The molecule has 650 valence electrons. The van der Waals surface area contributed by atoms with Crippen molar-refractivity contribution in [3.63, 3.8) is 0 Å². The molecule has 15 aliphatic rings. The van der Waals surface area contributed by atoms with Crippen molar-refractivity contribution in [3.05, 3.63) is 55.8 Å². The number of aliphatic carboxylic acids is 1. The summed E-state index contributed by atoms with van der Waals surface area (Å²) in [5.74, 6) is -1.63. The molecule has 12 saturated carbocycles. The van der Waals surface area contributed by atoms with E-state index >= 15 is 0 Å². The Morgan fingerprint density at radius 3 is 1.20 bits per heavy atom. The van der Waals surface area contributed by atoms with Crippen molar-refractivity contribution in [1.82, 2.24) is 5.32 Å². The predicted molar refractivity (Wildman–Crippen MR) is 416 cm³/mol. The summed E-state index contributed by atoms with van der Waals surface area (Å²) >= 11 is 5.46. The number of carbonyl (C=O) groups excluding carboxylic acids is 6. The summed E-state index contributed by atoms with van der Waals surface area (Å²) in [6, 6.07) is 0. The van der Waals surface area contributed by atoms with E-state index in [4.69, 9.17) is 56.2 Å². The van der Waals surface area contributed by atoms with Crippen LogP contribution in [0.2, 0.25) is 0 Å². The standard InChI is InChI=1S/C30H46N4O6.C24H33ClO6.C23H34O5.C6H14N4.C2HF3O2/c1-28-11-9-21(40-27(37)32-13-5-3-4-6-14-33-34-31)16-20(28)7-8-23-24(28)17-25(35)29(2)22(10-12-30(23,29)38)19-15-26(36)39-18-19;1-22-7-5-15(31-21(25)28)10-14(22)3-4-17-18(22)11-19(26)23(2)16(6-8-24(17,23)29)13-9-20(27)30-12-13;1-21-7-5-15(24)10-14(21)3-4-17-18(21)11-19(25)22(2)16(6-8-23(17,22)27)13-9-20(26)28-12-13;7-5-3-1-2-4-6-9-10-8;3-2(4,5)1(6)7/h15,20-25,35,38H,3-14,16-18H2,1-2H3,(H,32,37);9,14-19,26,29H,3-8,10-12H2,1-2H3;9,14-19,24-25,27H,3-8,10-12H2,1-2H3;1-7H2;(H,6,7)/t20-,21+,22-,23-,24+,25-,28+,29+,30+;14-,15+,16-,17-,18+,19-,22+,23+,24+;14-,15+,16-,17-,18+,19-,21+,22+,23+;;/m111../s1. The number of carbonyl (C=O) groups is 6. The van der Waals surface area contributed by atoms with Gasteiger partial charge in [-0.15, -0.1) is 0 Å². The lowest BCUT2D eigenvalue weighted by molar-refractivity contribution is -0.368. The van der Waals surface area contributed by atoms with Crippen LogP contribution in [-0.4, -0.2) is 177 Å². The number of ether oxygens (including phenoxy) is 5. The summed E-state index contributed by atoms with van der Waals surface area (Å²) in [4.78, 5) is 73.0. The molecule has 3 aliphatic heterocycles. The molecule has 1 amide bonds. The maximum atomic E-state index is 12.5. The minimum Gasteiger partial charge on any atom is -0.542 e. The predicted octanol–water partition coefficient (Wildman–Crippen LogP) is 12.1. The highest BCUT2D eigenvalue weighted by atomic mass is 35.5. The lowest BCUT2D eigenvalue weighted by Gasteiger charge is -2.65. The van der Waals surface area contributed by atoms with E-state index in [1.54, 1.807) is 18.2 Å². The number of amides is 1. The minimum atomic E-state index is -5.19. The second-order valence-corrected chi connectivity index (χ2v) is 38.7. The molecule has 116 heavy (non-hydrogen) atoms. The zero-order valence-electron chi connectivity index (χ0n) is 68.6. The first-order chi connectivity index (χ1) is 54.8. The van der Waals surface area contributed by atoms with Gasteiger partial charge in [-0.05, 0) is 301 Å². The zero-order valence-corrected chi connectivity index (χ0v) is 69.4. The number of fused-ring (bicyclic) bond motifs is 15. The van der Waals surface area contributed by atoms with Gasteiger partial charge in [-0.1, -0.05) is 71.0 Å². The number of rotatable bonds is 18. The van der Waals surface area contributed by atoms with Crippen LogP contribution in [0.25, 0.3) is 20.9 Å². The van der Waals surface area contributed by atoms with Gasteiger partial charge in [0.25, 0.3) is 0 Å². The van der Waals surface area contributed by atoms with Crippen LogP contribution in [0.15, 0.2) is 45.2 Å². The van der Waals surface area contributed by atoms with E-state index in [9.17, 15) is 72.9 Å². The monoisotopic (exact) mass is 1660 g/mol. The number of quaternary nitrogens is 1. The van der Waals surface area contributed by atoms with Crippen molar-refractivity contribution >= 4 is 47.0 Å². The molecule has 0 aromatic heterocycles. The molecular weight excluding hydrogens is 1530 g/mol. The molecule has 0 unspecified atom stereocenters. The van der Waals surface area contributed by atoms with Crippen molar-refractivity contribution in [1.29, 1.82) is 0 Å². The van der Waals surface area contributed by atoms with Crippen LogP contribution in [0.3, 0.4) is 0 Å². The molecule has 27 nitrogen and oxygen atoms in total. The van der Waals surface area contributed by atoms with E-state index in [2.05, 4.69) is 51.9 Å². The Hall–Kier alpha value is -5.78. The second kappa shape index (κ2) is 36.5. The molecule has 31 heteroatoms. The Balaban J connectivity index is 0.000000157. The quantitative estimate of drug-likeness (QED) is 0.0117. The first-order valence-electron chi connectivity index (χ1n) is 43.2. The number of esters is 3. The van der Waals surface area contributed by atoms with Gasteiger partial charge in [-0.2, -0.15) is 13.2 Å². The number of carboxylic acid groups (broad SMARTS) is 1. The topological polar surface area (TPSA) is 450 Å². The fraction of sp³-hybridized carbons (Fsp3) is 0.859. The Morgan fingerprint density at radius 2 is 0.862 bits per heavy atom. The van der Waals surface area contributed by atoms with Crippen molar-refractivity contribution in [3.8, 4) is 0 Å². The van der Waals surface area contributed by atoms with Crippen molar-refractivity contribution < 1.29 is 112 Å². The Morgan fingerprint density at radius 1 is 0.517 bits per heavy atom. The number of unbranched alkanes of at least 4 members (excludes halogenated alkanes) is 6. The zero-order chi connectivity index (χ0) is 84.4. The third-order valence-corrected chi connectivity index (χ3v) is 33.8. The number of hydrogen-bond acceptors (Lipinski definition) is 21. The van der Waals surface area contributed by atoms with Gasteiger partial charge in [-0.25, -0.2) is 24.0 Å². The van der Waals surface area contributed by atoms with Crippen molar-refractivity contribution in [2.24, 2.45) is 114 Å². The number of hydrogen-bond donors (Lipinski definition) is 9. The van der Waals surface area contributed by atoms with Crippen molar-refractivity contribution in [2.75, 3.05) is 46.0 Å². The lowest BCUT2D eigenvalue weighted by Crippen LogP contribution is -2.67. The molecule has 0 saturated heterocycles. The molecule has 0 radical (unpaired) electrons. The molecular formula is C85H128ClF3N8O19. The average molecular weight is 1660 g/mol. The molecule has 0 spiro atoms. The number of cyclic esters (lactones) is 3. The first-order valence-corrected chi connectivity index (χ1v) is 43.6. The summed E-state index contributed by atoms with van der Waals surface area (Å²) in [6.45, 7) is 16.7. The van der Waals surface area contributed by atoms with E-state index in [-0.39, 0.29) is 119 Å². The summed E-state index contributed by atoms with van der Waals surface area (Å²) in [5.41, 5.74) is 17.2. The smallest absolute Gasteiger partial charge is 0.430 e. The number of aliphatic hydroxyl groups excluding tert-OH is 4. The van der Waals surface area contributed by atoms with E-state index in [0.717, 1.165) is 177 Å². The number of halogens is 4. The van der Waals surface area contributed by atoms with E-state index in [1.807, 2.05) is 20.8 Å². The highest BCUT2D eigenvalue weighted by Crippen LogP contribution is 2.74. The molecule has 11 N–H and O–H groups in total. The van der Waals surface area contributed by atoms with Gasteiger partial charge in [0.05, 0.1) is 47.8 Å². The maximum Gasteiger partial charge on any atom is 0.430 e. The lowest BCUT2D eigenvalue weighted by atomic mass is 9.42. The fourth-order valence-electron chi connectivity index (χ4n) is 27.3. The van der Waals surface area contributed by atoms with Crippen LogP contribution < -0.4 is 16.2 Å². The maximum absolute atomic E-state index is 12.5. The Kier molecular flexibility index (Phi) is 28.6. The number of azide groups is 2. The van der Waals surface area contributed by atoms with E-state index < -0.39 is 68.9 Å². The summed E-state index contributed by atoms with van der Waals surface area (Å²) in [6.07, 6.45) is 24.9. The summed E-state index contributed by atoms with van der Waals surface area (Å²) in [5, 5.41) is 100. The summed E-state index contributed by atoms with van der Waals surface area (Å²) in [7, 11) is 0. The summed E-state index contributed by atoms with van der Waals surface area (Å²) < 4.78 is 58.2. The molecule has 0 aromatic rings.